The Balaban J connectivity index is 0.00000256. The standard InChI is InChI=1S/C19H20N6O4.ClH/c1-3-28-19(27)11-9-12-16(21-15(11)20)23-24-17(12)22-18(26)10-4-5-13-14(8-10)29-7-6-25(13)2;/h4-5,8-9H,3,6-7H2,1-2H3,(H4,20,21,22,23,24,26);1H. The van der Waals surface area contributed by atoms with Gasteiger partial charge in [-0.2, -0.15) is 5.10 Å². The number of halogens is 1. The number of esters is 1. The van der Waals surface area contributed by atoms with E-state index in [1.165, 1.54) is 6.07 Å². The summed E-state index contributed by atoms with van der Waals surface area (Å²) in [6.07, 6.45) is 0. The van der Waals surface area contributed by atoms with Crippen molar-refractivity contribution >= 4 is 52.6 Å². The Hall–Kier alpha value is -3.53. The number of nitrogens with one attached hydrogen (secondary N) is 2. The van der Waals surface area contributed by atoms with Crippen molar-refractivity contribution in [1.29, 1.82) is 0 Å². The number of benzene rings is 1. The Morgan fingerprint density at radius 1 is 1.37 bits per heavy atom. The van der Waals surface area contributed by atoms with Gasteiger partial charge in [0.25, 0.3) is 5.91 Å². The number of nitrogens with zero attached hydrogens (tertiary/aromatic N) is 3. The molecule has 0 saturated carbocycles. The van der Waals surface area contributed by atoms with E-state index in [0.29, 0.717) is 29.0 Å². The van der Waals surface area contributed by atoms with Crippen molar-refractivity contribution in [2.24, 2.45) is 0 Å². The zero-order chi connectivity index (χ0) is 20.5. The molecule has 11 heteroatoms. The van der Waals surface area contributed by atoms with Crippen LogP contribution in [0.5, 0.6) is 5.75 Å². The van der Waals surface area contributed by atoms with Crippen molar-refractivity contribution in [1.82, 2.24) is 15.2 Å². The Labute approximate surface area is 178 Å². The number of aromatic nitrogens is 3. The van der Waals surface area contributed by atoms with Crippen LogP contribution < -0.4 is 20.7 Å². The number of H-pyrrole nitrogens is 1. The zero-order valence-electron chi connectivity index (χ0n) is 16.4. The van der Waals surface area contributed by atoms with Crippen LogP contribution in [0.15, 0.2) is 24.3 Å². The lowest BCUT2D eigenvalue weighted by Gasteiger charge is -2.27. The highest BCUT2D eigenvalue weighted by Gasteiger charge is 2.20. The maximum atomic E-state index is 12.7. The fourth-order valence-corrected chi connectivity index (χ4v) is 3.11. The lowest BCUT2D eigenvalue weighted by atomic mass is 10.1. The van der Waals surface area contributed by atoms with E-state index < -0.39 is 5.97 Å². The molecule has 4 rings (SSSR count). The summed E-state index contributed by atoms with van der Waals surface area (Å²) in [5.74, 6) is -0.0501. The minimum atomic E-state index is -0.589. The van der Waals surface area contributed by atoms with E-state index in [9.17, 15) is 9.59 Å². The van der Waals surface area contributed by atoms with Crippen LogP contribution in [0.3, 0.4) is 0 Å². The monoisotopic (exact) mass is 432 g/mol. The van der Waals surface area contributed by atoms with Crippen molar-refractivity contribution < 1.29 is 19.1 Å². The summed E-state index contributed by atoms with van der Waals surface area (Å²) in [6.45, 7) is 3.25. The first kappa shape index (κ1) is 21.2. The molecule has 1 aromatic carbocycles. The molecule has 0 fully saturated rings. The second-order valence-corrected chi connectivity index (χ2v) is 6.52. The first-order chi connectivity index (χ1) is 14.0. The molecule has 0 radical (unpaired) electrons. The normalized spacial score (nSPS) is 12.5. The Morgan fingerprint density at radius 3 is 2.93 bits per heavy atom. The lowest BCUT2D eigenvalue weighted by Crippen LogP contribution is -2.29. The van der Waals surface area contributed by atoms with Gasteiger partial charge in [-0.15, -0.1) is 12.4 Å². The predicted octanol–water partition coefficient (Wildman–Crippen LogP) is 2.22. The maximum Gasteiger partial charge on any atom is 0.341 e. The van der Waals surface area contributed by atoms with E-state index in [-0.39, 0.29) is 42.1 Å². The van der Waals surface area contributed by atoms with Gasteiger partial charge in [-0.3, -0.25) is 9.89 Å². The first-order valence-corrected chi connectivity index (χ1v) is 9.09. The number of carbonyl (C=O) groups is 2. The fourth-order valence-electron chi connectivity index (χ4n) is 3.11. The molecule has 0 atom stereocenters. The van der Waals surface area contributed by atoms with E-state index in [0.717, 1.165) is 12.2 Å². The van der Waals surface area contributed by atoms with E-state index >= 15 is 0 Å². The number of nitrogens with two attached hydrogens (primary N) is 1. The molecule has 0 saturated heterocycles. The van der Waals surface area contributed by atoms with Gasteiger partial charge in [0.2, 0.25) is 0 Å². The number of carbonyl (C=O) groups excluding carboxylic acids is 2. The first-order valence-electron chi connectivity index (χ1n) is 9.09. The van der Waals surface area contributed by atoms with Gasteiger partial charge in [0.15, 0.2) is 11.5 Å². The molecule has 1 aliphatic heterocycles. The molecule has 3 heterocycles. The highest BCUT2D eigenvalue weighted by Crippen LogP contribution is 2.32. The Morgan fingerprint density at radius 2 is 2.17 bits per heavy atom. The summed E-state index contributed by atoms with van der Waals surface area (Å²) in [7, 11) is 1.97. The highest BCUT2D eigenvalue weighted by atomic mass is 35.5. The number of fused-ring (bicyclic) bond motifs is 2. The molecular weight excluding hydrogens is 412 g/mol. The van der Waals surface area contributed by atoms with Crippen LogP contribution in [0, 0.1) is 0 Å². The van der Waals surface area contributed by atoms with Crippen LogP contribution in [0.4, 0.5) is 17.3 Å². The molecule has 2 aromatic heterocycles. The summed E-state index contributed by atoms with van der Waals surface area (Å²) in [4.78, 5) is 31.0. The van der Waals surface area contributed by atoms with Crippen LogP contribution in [0.2, 0.25) is 0 Å². The number of anilines is 3. The second-order valence-electron chi connectivity index (χ2n) is 6.52. The van der Waals surface area contributed by atoms with Gasteiger partial charge in [0.05, 0.1) is 24.2 Å². The molecule has 4 N–H and O–H groups in total. The topological polar surface area (TPSA) is 135 Å². The third kappa shape index (κ3) is 3.81. The van der Waals surface area contributed by atoms with E-state index in [1.807, 2.05) is 13.1 Å². The average Bonchev–Trinajstić information content (AvgIpc) is 3.08. The lowest BCUT2D eigenvalue weighted by molar-refractivity contribution is 0.0527. The number of amides is 1. The summed E-state index contributed by atoms with van der Waals surface area (Å²) in [5.41, 5.74) is 7.64. The molecule has 30 heavy (non-hydrogen) atoms. The van der Waals surface area contributed by atoms with Crippen molar-refractivity contribution in [3.05, 3.63) is 35.4 Å². The molecule has 3 aromatic rings. The van der Waals surface area contributed by atoms with Crippen molar-refractivity contribution in [3.8, 4) is 5.75 Å². The Kier molecular flexibility index (Phi) is 5.97. The number of pyridine rings is 1. The van der Waals surface area contributed by atoms with Gasteiger partial charge in [-0.05, 0) is 31.2 Å². The summed E-state index contributed by atoms with van der Waals surface area (Å²) in [6, 6.07) is 6.75. The third-order valence-corrected chi connectivity index (χ3v) is 4.63. The maximum absolute atomic E-state index is 12.7. The summed E-state index contributed by atoms with van der Waals surface area (Å²) < 4.78 is 10.6. The minimum absolute atomic E-state index is 0. The summed E-state index contributed by atoms with van der Waals surface area (Å²) >= 11 is 0. The predicted molar refractivity (Wildman–Crippen MR) is 115 cm³/mol. The number of nitrogen functional groups attached to an aromatic ring is 1. The van der Waals surface area contributed by atoms with Gasteiger partial charge in [0.1, 0.15) is 23.7 Å². The summed E-state index contributed by atoms with van der Waals surface area (Å²) in [5, 5.41) is 9.96. The highest BCUT2D eigenvalue weighted by molar-refractivity contribution is 6.09. The number of ether oxygens (including phenoxy) is 2. The van der Waals surface area contributed by atoms with E-state index in [1.54, 1.807) is 19.1 Å². The zero-order valence-corrected chi connectivity index (χ0v) is 17.2. The van der Waals surface area contributed by atoms with Crippen molar-refractivity contribution in [2.45, 2.75) is 6.92 Å². The molecular formula is C19H21ClN6O4. The number of rotatable bonds is 4. The van der Waals surface area contributed by atoms with Crippen molar-refractivity contribution in [2.75, 3.05) is 42.8 Å². The number of hydrogen-bond acceptors (Lipinski definition) is 8. The SMILES string of the molecule is CCOC(=O)c1cc2c(NC(=O)c3ccc4c(c3)OCCN4C)n[nH]c2nc1N.Cl. The molecule has 1 aliphatic rings. The van der Waals surface area contributed by atoms with E-state index in [2.05, 4.69) is 25.4 Å². The average molecular weight is 433 g/mol. The number of likely N-dealkylation sites (N-methyl/N-ethyl adjacent to an activating group) is 1. The molecule has 0 aliphatic carbocycles. The van der Waals surface area contributed by atoms with Gasteiger partial charge in [0, 0.05) is 12.6 Å². The van der Waals surface area contributed by atoms with Gasteiger partial charge >= 0.3 is 5.97 Å². The van der Waals surface area contributed by atoms with Crippen LogP contribution in [0.1, 0.15) is 27.6 Å². The van der Waals surface area contributed by atoms with Gasteiger partial charge in [-0.25, -0.2) is 9.78 Å². The second kappa shape index (κ2) is 8.46. The van der Waals surface area contributed by atoms with Gasteiger partial charge in [-0.1, -0.05) is 0 Å². The fraction of sp³-hybridized carbons (Fsp3) is 0.263. The molecule has 0 spiro atoms. The molecule has 1 amide bonds. The number of aromatic amines is 1. The van der Waals surface area contributed by atoms with Crippen LogP contribution in [-0.2, 0) is 4.74 Å². The minimum Gasteiger partial charge on any atom is -0.490 e. The van der Waals surface area contributed by atoms with Crippen LogP contribution in [-0.4, -0.2) is 53.9 Å². The molecule has 158 valence electrons. The van der Waals surface area contributed by atoms with Gasteiger partial charge < -0.3 is 25.4 Å². The van der Waals surface area contributed by atoms with Crippen LogP contribution in [0.25, 0.3) is 11.0 Å². The Bertz CT molecular complexity index is 1120. The molecule has 0 bridgehead atoms. The largest absolute Gasteiger partial charge is 0.490 e. The molecule has 0 unspecified atom stereocenters. The smallest absolute Gasteiger partial charge is 0.341 e. The third-order valence-electron chi connectivity index (χ3n) is 4.63. The molecule has 10 nitrogen and oxygen atoms in total. The quantitative estimate of drug-likeness (QED) is 0.534. The number of hydrogen-bond donors (Lipinski definition) is 3. The van der Waals surface area contributed by atoms with E-state index in [4.69, 9.17) is 15.2 Å². The van der Waals surface area contributed by atoms with Crippen molar-refractivity contribution in [3.63, 3.8) is 0 Å². The van der Waals surface area contributed by atoms with Crippen LogP contribution >= 0.6 is 12.4 Å².